The van der Waals surface area contributed by atoms with E-state index in [9.17, 15) is 32.1 Å². The Hall–Kier alpha value is -4.80. The molecule has 0 spiro atoms. The summed E-state index contributed by atoms with van der Waals surface area (Å²) < 4.78 is 58.3. The molecule has 0 bridgehead atoms. The van der Waals surface area contributed by atoms with Gasteiger partial charge in [0.1, 0.15) is 11.5 Å². The highest BCUT2D eigenvalue weighted by molar-refractivity contribution is 7.85. The zero-order chi connectivity index (χ0) is 37.7. The molecule has 0 aliphatic heterocycles. The van der Waals surface area contributed by atoms with Gasteiger partial charge in [-0.05, 0) is 43.7 Å². The lowest BCUT2D eigenvalue weighted by Gasteiger charge is -2.17. The number of ketones is 1. The van der Waals surface area contributed by atoms with Crippen LogP contribution in [0.3, 0.4) is 0 Å². The molecular weight excluding hydrogens is 694 g/mol. The van der Waals surface area contributed by atoms with Gasteiger partial charge in [0.15, 0.2) is 6.54 Å². The highest BCUT2D eigenvalue weighted by Crippen LogP contribution is 2.31. The van der Waals surface area contributed by atoms with Gasteiger partial charge < -0.3 is 34.1 Å². The topological polar surface area (TPSA) is 190 Å². The number of amides is 2. The first-order chi connectivity index (χ1) is 24.9. The van der Waals surface area contributed by atoms with Crippen LogP contribution in [0.1, 0.15) is 51.6 Å². The Morgan fingerprint density at radius 2 is 1.48 bits per heavy atom. The number of hydrogen-bond donors (Lipinski definition) is 2. The van der Waals surface area contributed by atoms with E-state index in [-0.39, 0.29) is 82.3 Å². The highest BCUT2D eigenvalue weighted by Gasteiger charge is 2.27. The van der Waals surface area contributed by atoms with Crippen LogP contribution in [-0.4, -0.2) is 88.9 Å². The fourth-order valence-corrected chi connectivity index (χ4v) is 6.15. The van der Waals surface area contributed by atoms with E-state index in [1.807, 2.05) is 16.7 Å². The van der Waals surface area contributed by atoms with Crippen LogP contribution in [0, 0.1) is 6.92 Å². The van der Waals surface area contributed by atoms with E-state index in [1.165, 1.54) is 6.92 Å². The Labute approximate surface area is 302 Å². The van der Waals surface area contributed by atoms with Crippen LogP contribution >= 0.6 is 0 Å². The molecule has 1 aromatic heterocycles. The number of nitrogens with zero attached hydrogens (tertiary/aromatic N) is 1. The molecule has 0 aliphatic rings. The van der Waals surface area contributed by atoms with Crippen LogP contribution in [0.15, 0.2) is 60.7 Å². The Bertz CT molecular complexity index is 1980. The van der Waals surface area contributed by atoms with Gasteiger partial charge in [0.05, 0.1) is 65.9 Å². The number of methoxy groups -OCH3 is 1. The molecule has 0 radical (unpaired) electrons. The van der Waals surface area contributed by atoms with Gasteiger partial charge in [-0.1, -0.05) is 24.3 Å². The smallest absolute Gasteiger partial charge is 0.345 e. The molecule has 0 aliphatic carbocycles. The number of hydrogen-bond acceptors (Lipinski definition) is 11. The average Bonchev–Trinajstić information content (AvgIpc) is 3.09. The van der Waals surface area contributed by atoms with Crippen molar-refractivity contribution >= 4 is 55.5 Å². The van der Waals surface area contributed by atoms with E-state index in [2.05, 4.69) is 10.6 Å². The first kappa shape index (κ1) is 40.0. The van der Waals surface area contributed by atoms with Crippen molar-refractivity contribution < 1.29 is 55.7 Å². The van der Waals surface area contributed by atoms with Crippen molar-refractivity contribution in [2.24, 2.45) is 0 Å². The van der Waals surface area contributed by atoms with E-state index in [4.69, 9.17) is 18.9 Å². The SMILES string of the molecule is COCCOCc1cc(C(=O)NCCOCCNC(=O)CC(C)=O)cc(C)c1OC(=O)c1c2ccccc2[n+](CCCS(=O)(=O)[O-])c2ccccc12. The lowest BCUT2D eigenvalue weighted by Crippen LogP contribution is -2.37. The van der Waals surface area contributed by atoms with Gasteiger partial charge in [-0.2, -0.15) is 4.57 Å². The summed E-state index contributed by atoms with van der Waals surface area (Å²) in [7, 11) is -2.86. The summed E-state index contributed by atoms with van der Waals surface area (Å²) in [6.07, 6.45) is -0.0922. The number of rotatable bonds is 20. The fourth-order valence-electron chi connectivity index (χ4n) is 5.67. The van der Waals surface area contributed by atoms with Crippen molar-refractivity contribution in [2.45, 2.75) is 39.8 Å². The van der Waals surface area contributed by atoms with Crippen LogP contribution in [0.2, 0.25) is 0 Å². The number of carbonyl (C=O) groups excluding carboxylic acids is 4. The monoisotopic (exact) mass is 737 g/mol. The molecule has 14 nitrogen and oxygen atoms in total. The van der Waals surface area contributed by atoms with Crippen molar-refractivity contribution in [1.82, 2.24) is 10.6 Å². The summed E-state index contributed by atoms with van der Waals surface area (Å²) in [5.74, 6) is -1.92. The summed E-state index contributed by atoms with van der Waals surface area (Å²) in [5.41, 5.74) is 2.91. The van der Waals surface area contributed by atoms with Crippen LogP contribution < -0.4 is 19.9 Å². The van der Waals surface area contributed by atoms with Gasteiger partial charge in [-0.25, -0.2) is 13.2 Å². The van der Waals surface area contributed by atoms with Crippen molar-refractivity contribution in [3.05, 3.63) is 82.9 Å². The molecule has 1 heterocycles. The Morgan fingerprint density at radius 1 is 0.846 bits per heavy atom. The second-order valence-corrected chi connectivity index (χ2v) is 13.5. The third-order valence-electron chi connectivity index (χ3n) is 7.92. The number of ether oxygens (including phenoxy) is 4. The number of aromatic nitrogens is 1. The zero-order valence-electron chi connectivity index (χ0n) is 29.4. The molecule has 4 aromatic rings. The highest BCUT2D eigenvalue weighted by atomic mass is 32.2. The fraction of sp³-hybridized carbons (Fsp3) is 0.378. The Kier molecular flexibility index (Phi) is 14.7. The third kappa shape index (κ3) is 11.4. The molecule has 278 valence electrons. The normalized spacial score (nSPS) is 11.5. The lowest BCUT2D eigenvalue weighted by molar-refractivity contribution is -0.645. The average molecular weight is 738 g/mol. The molecule has 15 heteroatoms. The van der Waals surface area contributed by atoms with Gasteiger partial charge in [-0.3, -0.25) is 14.4 Å². The largest absolute Gasteiger partial charge is 0.748 e. The van der Waals surface area contributed by atoms with E-state index in [0.717, 1.165) is 0 Å². The lowest BCUT2D eigenvalue weighted by atomic mass is 10.0. The van der Waals surface area contributed by atoms with Crippen LogP contribution in [-0.2, 0) is 47.1 Å². The predicted octanol–water partition coefficient (Wildman–Crippen LogP) is 2.75. The minimum Gasteiger partial charge on any atom is -0.748 e. The summed E-state index contributed by atoms with van der Waals surface area (Å²) in [5, 5.41) is 6.52. The molecule has 2 N–H and O–H groups in total. The number of aryl methyl sites for hydroxylation is 2. The van der Waals surface area contributed by atoms with Gasteiger partial charge in [-0.15, -0.1) is 0 Å². The third-order valence-corrected chi connectivity index (χ3v) is 8.71. The van der Waals surface area contributed by atoms with E-state index in [0.29, 0.717) is 50.7 Å². The van der Waals surface area contributed by atoms with Crippen molar-refractivity contribution in [3.63, 3.8) is 0 Å². The minimum absolute atomic E-state index is 0.0191. The molecular formula is C37H43N3O11S. The minimum atomic E-state index is -4.40. The van der Waals surface area contributed by atoms with Crippen LogP contribution in [0.4, 0.5) is 0 Å². The molecule has 0 saturated carbocycles. The quantitative estimate of drug-likeness (QED) is 0.0258. The van der Waals surface area contributed by atoms with E-state index in [1.54, 1.807) is 62.6 Å². The molecule has 0 saturated heterocycles. The number of carbonyl (C=O) groups is 4. The van der Waals surface area contributed by atoms with Gasteiger partial charge in [0.25, 0.3) is 5.91 Å². The zero-order valence-corrected chi connectivity index (χ0v) is 30.2. The Morgan fingerprint density at radius 3 is 2.10 bits per heavy atom. The number of nitrogens with one attached hydrogen (secondary N) is 2. The maximum Gasteiger partial charge on any atom is 0.345 e. The van der Waals surface area contributed by atoms with Gasteiger partial charge >= 0.3 is 5.97 Å². The molecule has 0 atom stereocenters. The van der Waals surface area contributed by atoms with Crippen molar-refractivity contribution in [3.8, 4) is 5.75 Å². The number of fused-ring (bicyclic) bond motifs is 2. The molecule has 52 heavy (non-hydrogen) atoms. The van der Waals surface area contributed by atoms with Crippen LogP contribution in [0.5, 0.6) is 5.75 Å². The Balaban J connectivity index is 1.56. The first-order valence-electron chi connectivity index (χ1n) is 16.7. The summed E-state index contributed by atoms with van der Waals surface area (Å²) in [6, 6.07) is 17.6. The van der Waals surface area contributed by atoms with E-state index < -0.39 is 21.8 Å². The molecule has 3 aromatic carbocycles. The maximum atomic E-state index is 14.2. The predicted molar refractivity (Wildman–Crippen MR) is 190 cm³/mol. The molecule has 4 rings (SSSR count). The van der Waals surface area contributed by atoms with Gasteiger partial charge in [0, 0.05) is 55.6 Å². The summed E-state index contributed by atoms with van der Waals surface area (Å²) >= 11 is 0. The second-order valence-electron chi connectivity index (χ2n) is 12.0. The standard InChI is InChI=1S/C37H43N3O11S/c1-25-21-27(36(43)39-14-17-49-16-13-38-33(42)22-26(2)41)23-28(24-50-19-18-48-3)35(25)51-37(44)34-29-9-4-6-11-31(29)40(15-8-20-52(45,46)47)32-12-7-5-10-30(32)34/h4-7,9-12,21,23H,8,13-20,22,24H2,1-3H3,(H2-,38,39,42,43,45,46,47). The maximum absolute atomic E-state index is 14.2. The molecule has 0 unspecified atom stereocenters. The van der Waals surface area contributed by atoms with Crippen molar-refractivity contribution in [1.29, 1.82) is 0 Å². The molecule has 2 amide bonds. The summed E-state index contributed by atoms with van der Waals surface area (Å²) in [4.78, 5) is 49.9. The second kappa shape index (κ2) is 19.2. The first-order valence-corrected chi connectivity index (χ1v) is 18.3. The van der Waals surface area contributed by atoms with Crippen molar-refractivity contribution in [2.75, 3.05) is 52.4 Å². The number of Topliss-reactive ketones (excluding diaryl/α,β-unsaturated/α-hetero) is 1. The number of benzene rings is 3. The summed E-state index contributed by atoms with van der Waals surface area (Å²) in [6.45, 7) is 4.72. The molecule has 0 fully saturated rings. The van der Waals surface area contributed by atoms with E-state index >= 15 is 0 Å². The van der Waals surface area contributed by atoms with Crippen LogP contribution in [0.25, 0.3) is 21.8 Å². The number of para-hydroxylation sites is 2. The number of pyridine rings is 1. The van der Waals surface area contributed by atoms with Gasteiger partial charge in [0.2, 0.25) is 16.9 Å². The number of esters is 1.